The van der Waals surface area contributed by atoms with Crippen molar-refractivity contribution in [1.82, 2.24) is 4.98 Å². The molecular weight excluding hydrogens is 372 g/mol. The molecule has 0 fully saturated rings. The van der Waals surface area contributed by atoms with Gasteiger partial charge < -0.3 is 10.5 Å². The zero-order valence-electron chi connectivity index (χ0n) is 15.7. The number of halogens is 1. The average Bonchev–Trinajstić information content (AvgIpc) is 2.70. The normalized spacial score (nSPS) is 10.5. The van der Waals surface area contributed by atoms with Crippen LogP contribution in [-0.4, -0.2) is 24.5 Å². The van der Waals surface area contributed by atoms with Crippen LogP contribution in [0.2, 0.25) is 5.02 Å². The highest BCUT2D eigenvalue weighted by atomic mass is 35.5. The molecule has 3 rings (SSSR count). The molecule has 4 nitrogen and oxygen atoms in total. The third kappa shape index (κ3) is 4.89. The van der Waals surface area contributed by atoms with Gasteiger partial charge in [-0.2, -0.15) is 0 Å². The standard InChI is InChI=1S/C23H21ClN2O2/c1-28-13-3-2-4-22(27)17-8-5-16(6-9-17)7-12-20-21-14-19(24)11-10-18(21)15-26-23(20)25/h5-6,8-11,14-15H,2-4,13H2,1H3,(H2,25,26). The fraction of sp³-hybridized carbons (Fsp3) is 0.217. The van der Waals surface area contributed by atoms with Crippen molar-refractivity contribution in [2.75, 3.05) is 19.5 Å². The molecule has 0 amide bonds. The summed E-state index contributed by atoms with van der Waals surface area (Å²) < 4.78 is 5.00. The first kappa shape index (κ1) is 19.9. The van der Waals surface area contributed by atoms with Gasteiger partial charge in [0.2, 0.25) is 0 Å². The van der Waals surface area contributed by atoms with Gasteiger partial charge in [-0.1, -0.05) is 41.6 Å². The molecule has 0 unspecified atom stereocenters. The van der Waals surface area contributed by atoms with Crippen molar-refractivity contribution in [3.63, 3.8) is 0 Å². The van der Waals surface area contributed by atoms with E-state index in [1.54, 1.807) is 13.3 Å². The summed E-state index contributed by atoms with van der Waals surface area (Å²) >= 11 is 6.11. The molecule has 0 radical (unpaired) electrons. The van der Waals surface area contributed by atoms with Gasteiger partial charge in [-0.3, -0.25) is 4.79 Å². The SMILES string of the molecule is COCCCCC(=O)c1ccc(C#Cc2c(N)ncc3ccc(Cl)cc23)cc1. The molecule has 5 heteroatoms. The lowest BCUT2D eigenvalue weighted by molar-refractivity contribution is 0.0975. The molecular formula is C23H21ClN2O2. The summed E-state index contributed by atoms with van der Waals surface area (Å²) in [7, 11) is 1.66. The number of hydrogen-bond donors (Lipinski definition) is 1. The quantitative estimate of drug-likeness (QED) is 0.369. The first-order valence-electron chi connectivity index (χ1n) is 9.06. The van der Waals surface area contributed by atoms with Crippen LogP contribution in [0.1, 0.15) is 40.7 Å². The number of benzene rings is 2. The minimum Gasteiger partial charge on any atom is -0.385 e. The Balaban J connectivity index is 1.78. The van der Waals surface area contributed by atoms with Crippen LogP contribution in [0.5, 0.6) is 0 Å². The molecule has 0 aliphatic heterocycles. The fourth-order valence-electron chi connectivity index (χ4n) is 2.88. The molecule has 0 aliphatic rings. The Labute approximate surface area is 169 Å². The largest absolute Gasteiger partial charge is 0.385 e. The number of Topliss-reactive ketones (excluding diaryl/α,β-unsaturated/α-hetero) is 1. The Kier molecular flexibility index (Phi) is 6.65. The van der Waals surface area contributed by atoms with Gasteiger partial charge in [0.1, 0.15) is 5.82 Å². The number of aromatic nitrogens is 1. The van der Waals surface area contributed by atoms with Gasteiger partial charge in [-0.25, -0.2) is 4.98 Å². The summed E-state index contributed by atoms with van der Waals surface area (Å²) in [5.41, 5.74) is 8.17. The number of ketones is 1. The number of pyridine rings is 1. The van der Waals surface area contributed by atoms with E-state index < -0.39 is 0 Å². The van der Waals surface area contributed by atoms with Crippen LogP contribution < -0.4 is 5.73 Å². The number of methoxy groups -OCH3 is 1. The van der Waals surface area contributed by atoms with Gasteiger partial charge in [0.25, 0.3) is 0 Å². The first-order valence-corrected chi connectivity index (χ1v) is 9.44. The molecule has 2 aromatic carbocycles. The number of fused-ring (bicyclic) bond motifs is 1. The number of unbranched alkanes of at least 4 members (excludes halogenated alkanes) is 1. The van der Waals surface area contributed by atoms with Gasteiger partial charge in [-0.05, 0) is 37.1 Å². The number of ether oxygens (including phenoxy) is 1. The van der Waals surface area contributed by atoms with E-state index in [1.165, 1.54) is 0 Å². The Bertz CT molecular complexity index is 1040. The van der Waals surface area contributed by atoms with E-state index in [0.29, 0.717) is 35.0 Å². The third-order valence-electron chi connectivity index (χ3n) is 4.42. The molecule has 142 valence electrons. The highest BCUT2D eigenvalue weighted by molar-refractivity contribution is 6.31. The van der Waals surface area contributed by atoms with E-state index in [4.69, 9.17) is 22.1 Å². The van der Waals surface area contributed by atoms with Crippen molar-refractivity contribution in [3.05, 3.63) is 70.4 Å². The number of rotatable bonds is 6. The van der Waals surface area contributed by atoms with E-state index in [2.05, 4.69) is 16.8 Å². The second-order valence-electron chi connectivity index (χ2n) is 6.45. The zero-order valence-corrected chi connectivity index (χ0v) is 16.4. The third-order valence-corrected chi connectivity index (χ3v) is 4.66. The highest BCUT2D eigenvalue weighted by Crippen LogP contribution is 2.24. The van der Waals surface area contributed by atoms with Crippen LogP contribution in [-0.2, 0) is 4.74 Å². The molecule has 2 N–H and O–H groups in total. The molecule has 1 aromatic heterocycles. The van der Waals surface area contributed by atoms with Gasteiger partial charge in [0, 0.05) is 53.3 Å². The Morgan fingerprint density at radius 2 is 1.93 bits per heavy atom. The number of anilines is 1. The van der Waals surface area contributed by atoms with Crippen molar-refractivity contribution >= 4 is 34.0 Å². The number of carbonyl (C=O) groups excluding carboxylic acids is 1. The molecule has 0 aliphatic carbocycles. The Morgan fingerprint density at radius 3 is 2.68 bits per heavy atom. The maximum absolute atomic E-state index is 12.2. The van der Waals surface area contributed by atoms with Gasteiger partial charge in [-0.15, -0.1) is 0 Å². The van der Waals surface area contributed by atoms with E-state index in [-0.39, 0.29) is 5.78 Å². The molecule has 1 heterocycles. The minimum atomic E-state index is 0.132. The predicted octanol–water partition coefficient (Wildman–Crippen LogP) is 4.87. The van der Waals surface area contributed by atoms with Crippen LogP contribution >= 0.6 is 11.6 Å². The highest BCUT2D eigenvalue weighted by Gasteiger charge is 2.07. The van der Waals surface area contributed by atoms with Crippen molar-refractivity contribution in [3.8, 4) is 11.8 Å². The zero-order chi connectivity index (χ0) is 19.9. The van der Waals surface area contributed by atoms with Gasteiger partial charge in [0.05, 0.1) is 5.56 Å². The second kappa shape index (κ2) is 9.36. The topological polar surface area (TPSA) is 65.2 Å². The van der Waals surface area contributed by atoms with Crippen molar-refractivity contribution in [2.24, 2.45) is 0 Å². The van der Waals surface area contributed by atoms with Crippen LogP contribution in [0.3, 0.4) is 0 Å². The first-order chi connectivity index (χ1) is 13.6. The molecule has 0 spiro atoms. The summed E-state index contributed by atoms with van der Waals surface area (Å²) in [4.78, 5) is 16.4. The van der Waals surface area contributed by atoms with Crippen LogP contribution in [0.15, 0.2) is 48.7 Å². The van der Waals surface area contributed by atoms with E-state index in [1.807, 2.05) is 42.5 Å². The van der Waals surface area contributed by atoms with Crippen molar-refractivity contribution in [2.45, 2.75) is 19.3 Å². The maximum Gasteiger partial charge on any atom is 0.162 e. The second-order valence-corrected chi connectivity index (χ2v) is 6.89. The number of carbonyl (C=O) groups is 1. The molecule has 28 heavy (non-hydrogen) atoms. The predicted molar refractivity (Wildman–Crippen MR) is 114 cm³/mol. The lowest BCUT2D eigenvalue weighted by atomic mass is 10.0. The summed E-state index contributed by atoms with van der Waals surface area (Å²) in [5.74, 6) is 6.70. The van der Waals surface area contributed by atoms with Crippen LogP contribution in [0.25, 0.3) is 10.8 Å². The van der Waals surface area contributed by atoms with Gasteiger partial charge in [0.15, 0.2) is 5.78 Å². The van der Waals surface area contributed by atoms with Crippen molar-refractivity contribution in [1.29, 1.82) is 0 Å². The smallest absolute Gasteiger partial charge is 0.162 e. The number of nitrogen functional groups attached to an aromatic ring is 1. The lowest BCUT2D eigenvalue weighted by Gasteiger charge is -2.04. The Morgan fingerprint density at radius 1 is 1.14 bits per heavy atom. The molecule has 0 atom stereocenters. The van der Waals surface area contributed by atoms with Gasteiger partial charge >= 0.3 is 0 Å². The summed E-state index contributed by atoms with van der Waals surface area (Å²) in [6.45, 7) is 0.680. The van der Waals surface area contributed by atoms with Crippen molar-refractivity contribution < 1.29 is 9.53 Å². The summed E-state index contributed by atoms with van der Waals surface area (Å²) in [6, 6.07) is 12.8. The fourth-order valence-corrected chi connectivity index (χ4v) is 3.05. The number of hydrogen-bond acceptors (Lipinski definition) is 4. The van der Waals surface area contributed by atoms with Crippen LogP contribution in [0.4, 0.5) is 5.82 Å². The molecule has 0 saturated heterocycles. The molecule has 0 bridgehead atoms. The summed E-state index contributed by atoms with van der Waals surface area (Å²) in [6.07, 6.45) is 3.94. The monoisotopic (exact) mass is 392 g/mol. The van der Waals surface area contributed by atoms with E-state index in [9.17, 15) is 4.79 Å². The van der Waals surface area contributed by atoms with E-state index in [0.717, 1.165) is 29.2 Å². The number of nitrogens with two attached hydrogens (primary N) is 1. The average molecular weight is 393 g/mol. The Hall–Kier alpha value is -2.87. The minimum absolute atomic E-state index is 0.132. The maximum atomic E-state index is 12.2. The number of nitrogens with zero attached hydrogens (tertiary/aromatic N) is 1. The summed E-state index contributed by atoms with van der Waals surface area (Å²) in [5, 5.41) is 2.42. The van der Waals surface area contributed by atoms with E-state index >= 15 is 0 Å². The molecule has 0 saturated carbocycles. The lowest BCUT2D eigenvalue weighted by Crippen LogP contribution is -2.00. The molecule has 3 aromatic rings. The van der Waals surface area contributed by atoms with Crippen LogP contribution in [0, 0.1) is 11.8 Å².